The van der Waals surface area contributed by atoms with Gasteiger partial charge in [-0.15, -0.1) is 0 Å². The lowest BCUT2D eigenvalue weighted by molar-refractivity contribution is -0.201. The van der Waals surface area contributed by atoms with Crippen LogP contribution in [0.4, 0.5) is 11.8 Å². The van der Waals surface area contributed by atoms with Crippen molar-refractivity contribution in [3.8, 4) is 23.0 Å². The first kappa shape index (κ1) is 69.3. The zero-order valence-corrected chi connectivity index (χ0v) is 57.7. The fourth-order valence-electron chi connectivity index (χ4n) is 13.9. The number of anilines is 2. The number of aliphatic hydroxyl groups is 1. The van der Waals surface area contributed by atoms with Gasteiger partial charge in [-0.1, -0.05) is 141 Å². The molecule has 3 saturated heterocycles. The van der Waals surface area contributed by atoms with E-state index in [1.807, 2.05) is 133 Å². The SMILES string of the molecule is COc1ccc(C(OC[C@]23CO[C@H](C2OS(=O)(=O)CC[C@H]2O[C@@H](n4cnc5c(=O)[nH]c(NC(=O)C(C)C)nc54)[C@H](OC(c4ccccc4)(c4ccc(OC)cc4)c4ccc(OC)cc4)[C@@H]2CO)[C@H](n2cnc4c(NC(=O)c5ccccc5)ncnc42)O3)(c2ccccc2)c2ccc(OC)cc2)cc1. The summed E-state index contributed by atoms with van der Waals surface area (Å²) in [5.41, 5.74) is -0.818. The minimum Gasteiger partial charge on any atom is -0.497 e. The van der Waals surface area contributed by atoms with E-state index < -0.39 is 105 Å². The Labute approximate surface area is 591 Å². The number of benzene rings is 7. The predicted octanol–water partition coefficient (Wildman–Crippen LogP) is 9.50. The number of carbonyl (C=O) groups excluding carboxylic acids is 2. The fraction of sp³-hybridized carbons (Fsp3) is 0.289. The number of aliphatic hydroxyl groups excluding tert-OH is 1. The highest BCUT2D eigenvalue weighted by molar-refractivity contribution is 7.86. The van der Waals surface area contributed by atoms with Gasteiger partial charge < -0.3 is 53.1 Å². The standard InChI is InChI=1S/C76H74N10O16S/c1-46(2)68(88)83-73-82-67-61(70(90)84-73)80-45-86(67)71-62(100-76(49-20-14-9-15-21-49,52-26-34-56(95-5)35-27-52)53-28-36-57(96-6)37-29-53)58(40-87)59(99-71)38-39-103(91,92)102-64-63-72(85-44-79-60-65(77-43-78-66(60)85)81-69(89)47-16-10-7-11-17-47)101-74(64,41-97-63)42-98-75(48-18-12-8-13-19-48,50-22-30-54(93-3)31-23-50)51-24-32-55(94-4)33-25-51/h7-37,43-46,58-59,62-64,71-72,87H,38-42H2,1-6H3,(H,77,78,81,89)(H2,82,83,84,88,90)/t58-,59-,62-,63-,64?,71-,72-,74-/m1/s1. The van der Waals surface area contributed by atoms with Gasteiger partial charge in [-0.25, -0.2) is 19.9 Å². The number of amides is 2. The van der Waals surface area contributed by atoms with Crippen molar-refractivity contribution in [3.63, 3.8) is 0 Å². The molecule has 2 bridgehead atoms. The van der Waals surface area contributed by atoms with Crippen molar-refractivity contribution in [1.82, 2.24) is 39.0 Å². The van der Waals surface area contributed by atoms with E-state index in [2.05, 4.69) is 35.6 Å². The summed E-state index contributed by atoms with van der Waals surface area (Å²) in [5.74, 6) is -0.896. The quantitative estimate of drug-likeness (QED) is 0.0275. The molecule has 1 unspecified atom stereocenters. The predicted molar refractivity (Wildman–Crippen MR) is 377 cm³/mol. The summed E-state index contributed by atoms with van der Waals surface area (Å²) in [6, 6.07) is 57.1. The number of hydrogen-bond donors (Lipinski definition) is 4. The third-order valence-electron chi connectivity index (χ3n) is 19.1. The molecule has 0 radical (unpaired) electrons. The topological polar surface area (TPSA) is 312 Å². The maximum absolute atomic E-state index is 15.6. The molecule has 11 aromatic rings. The number of nitrogens with zero attached hydrogens (tertiary/aromatic N) is 7. The van der Waals surface area contributed by atoms with Crippen LogP contribution in [0.15, 0.2) is 212 Å². The number of ether oxygens (including phenoxy) is 9. The van der Waals surface area contributed by atoms with E-state index in [1.165, 1.54) is 23.5 Å². The van der Waals surface area contributed by atoms with Crippen molar-refractivity contribution >= 4 is 56.0 Å². The first-order valence-corrected chi connectivity index (χ1v) is 34.9. The van der Waals surface area contributed by atoms with E-state index in [9.17, 15) is 19.5 Å². The second-order valence-electron chi connectivity index (χ2n) is 25.5. The van der Waals surface area contributed by atoms with Crippen LogP contribution in [0.3, 0.4) is 0 Å². The number of fused-ring (bicyclic) bond motifs is 4. The molecule has 0 aliphatic carbocycles. The van der Waals surface area contributed by atoms with Crippen LogP contribution < -0.4 is 35.1 Å². The molecule has 0 saturated carbocycles. The summed E-state index contributed by atoms with van der Waals surface area (Å²) in [7, 11) is 1.50. The van der Waals surface area contributed by atoms with Crippen LogP contribution in [-0.2, 0) is 54.0 Å². The van der Waals surface area contributed by atoms with Crippen molar-refractivity contribution in [2.75, 3.05) is 64.6 Å². The van der Waals surface area contributed by atoms with Crippen molar-refractivity contribution in [2.45, 2.75) is 73.9 Å². The smallest absolute Gasteiger partial charge is 0.280 e. The van der Waals surface area contributed by atoms with Gasteiger partial charge >= 0.3 is 0 Å². The molecule has 27 heteroatoms. The summed E-state index contributed by atoms with van der Waals surface area (Å²) < 4.78 is 99.7. The Bertz CT molecular complexity index is 4900. The molecule has 530 valence electrons. The number of rotatable bonds is 27. The van der Waals surface area contributed by atoms with Crippen LogP contribution in [0.2, 0.25) is 0 Å². The lowest BCUT2D eigenvalue weighted by atomic mass is 9.79. The molecular formula is C76H74N10O16S. The lowest BCUT2D eigenvalue weighted by Crippen LogP contribution is -2.50. The van der Waals surface area contributed by atoms with E-state index in [0.717, 1.165) is 0 Å². The molecule has 7 heterocycles. The number of aromatic amines is 1. The molecule has 7 aromatic carbocycles. The maximum Gasteiger partial charge on any atom is 0.280 e. The number of methoxy groups -OCH3 is 4. The van der Waals surface area contributed by atoms with Crippen LogP contribution in [0.1, 0.15) is 76.5 Å². The third-order valence-corrected chi connectivity index (χ3v) is 20.4. The summed E-state index contributed by atoms with van der Waals surface area (Å²) in [5, 5.41) is 17.5. The molecule has 0 spiro atoms. The minimum absolute atomic E-state index is 0.0201. The number of carbonyl (C=O) groups is 2. The lowest BCUT2D eigenvalue weighted by Gasteiger charge is -2.40. The molecule has 2 amide bonds. The number of hydrogen-bond acceptors (Lipinski definition) is 21. The van der Waals surface area contributed by atoms with Gasteiger partial charge in [0.1, 0.15) is 64.4 Å². The van der Waals surface area contributed by atoms with E-state index in [1.54, 1.807) is 101 Å². The molecule has 3 aliphatic rings. The van der Waals surface area contributed by atoms with Crippen LogP contribution >= 0.6 is 0 Å². The Morgan fingerprint density at radius 2 is 1.15 bits per heavy atom. The largest absolute Gasteiger partial charge is 0.497 e. The van der Waals surface area contributed by atoms with E-state index in [0.29, 0.717) is 61.9 Å². The van der Waals surface area contributed by atoms with Crippen molar-refractivity contribution < 1.29 is 69.9 Å². The second-order valence-corrected chi connectivity index (χ2v) is 27.2. The van der Waals surface area contributed by atoms with Crippen molar-refractivity contribution in [1.29, 1.82) is 0 Å². The highest BCUT2D eigenvalue weighted by atomic mass is 32.2. The average molecular weight is 1420 g/mol. The van der Waals surface area contributed by atoms with Gasteiger partial charge in [-0.05, 0) is 100 Å². The highest BCUT2D eigenvalue weighted by Crippen LogP contribution is 2.53. The van der Waals surface area contributed by atoms with Gasteiger partial charge in [-0.3, -0.25) is 38.0 Å². The maximum atomic E-state index is 15.6. The van der Waals surface area contributed by atoms with E-state index in [-0.39, 0.29) is 53.7 Å². The Balaban J connectivity index is 0.854. The Kier molecular flexibility index (Phi) is 19.5. The second kappa shape index (κ2) is 28.9. The summed E-state index contributed by atoms with van der Waals surface area (Å²) >= 11 is 0. The molecule has 8 atom stereocenters. The average Bonchev–Trinajstić information content (AvgIpc) is 1.60. The Hall–Kier alpha value is -10.8. The van der Waals surface area contributed by atoms with E-state index >= 15 is 8.42 Å². The molecular weight excluding hydrogens is 1340 g/mol. The van der Waals surface area contributed by atoms with Crippen LogP contribution in [-0.4, -0.2) is 148 Å². The Morgan fingerprint density at radius 3 is 1.68 bits per heavy atom. The first-order valence-electron chi connectivity index (χ1n) is 33.3. The molecule has 14 rings (SSSR count). The molecule has 4 N–H and O–H groups in total. The normalized spacial score (nSPS) is 20.3. The summed E-state index contributed by atoms with van der Waals surface area (Å²) in [6.07, 6.45) is -3.81. The molecule has 103 heavy (non-hydrogen) atoms. The molecule has 3 aliphatic heterocycles. The highest BCUT2D eigenvalue weighted by Gasteiger charge is 2.66. The van der Waals surface area contributed by atoms with Gasteiger partial charge in [0.05, 0.1) is 72.8 Å². The van der Waals surface area contributed by atoms with Crippen LogP contribution in [0.5, 0.6) is 23.0 Å². The number of imidazole rings is 2. The first-order chi connectivity index (χ1) is 50.0. The van der Waals surface area contributed by atoms with Crippen LogP contribution in [0, 0.1) is 11.8 Å². The van der Waals surface area contributed by atoms with Gasteiger partial charge in [-0.2, -0.15) is 13.4 Å². The zero-order chi connectivity index (χ0) is 71.6. The number of H-pyrrole nitrogens is 1. The summed E-state index contributed by atoms with van der Waals surface area (Å²) in [4.78, 5) is 66.2. The Morgan fingerprint density at radius 1 is 0.641 bits per heavy atom. The van der Waals surface area contributed by atoms with Crippen molar-refractivity contribution in [2.24, 2.45) is 11.8 Å². The van der Waals surface area contributed by atoms with Crippen LogP contribution in [0.25, 0.3) is 22.3 Å². The van der Waals surface area contributed by atoms with Gasteiger partial charge in [0.2, 0.25) is 11.9 Å². The fourth-order valence-corrected chi connectivity index (χ4v) is 15.1. The van der Waals surface area contributed by atoms with E-state index in [4.69, 9.17) is 51.8 Å². The zero-order valence-electron chi connectivity index (χ0n) is 56.9. The third kappa shape index (κ3) is 13.1. The molecule has 26 nitrogen and oxygen atoms in total. The van der Waals surface area contributed by atoms with Gasteiger partial charge in [0.25, 0.3) is 21.6 Å². The van der Waals surface area contributed by atoms with Crippen molar-refractivity contribution in [3.05, 3.63) is 256 Å². The number of nitrogens with one attached hydrogen (secondary N) is 3. The molecule has 4 aromatic heterocycles. The monoisotopic (exact) mass is 1410 g/mol. The summed E-state index contributed by atoms with van der Waals surface area (Å²) in [6.45, 7) is 2.16. The van der Waals surface area contributed by atoms with Gasteiger partial charge in [0, 0.05) is 17.4 Å². The van der Waals surface area contributed by atoms with Gasteiger partial charge in [0.15, 0.2) is 40.6 Å². The minimum atomic E-state index is -4.77. The number of aromatic nitrogens is 8. The molecule has 3 fully saturated rings.